The largest absolute Gasteiger partial charge is 0.357 e. The molecule has 0 radical (unpaired) electrons. The van der Waals surface area contributed by atoms with E-state index in [9.17, 15) is 0 Å². The van der Waals surface area contributed by atoms with Gasteiger partial charge in [0.25, 0.3) is 0 Å². The molecule has 0 spiro atoms. The lowest BCUT2D eigenvalue weighted by Gasteiger charge is -2.37. The van der Waals surface area contributed by atoms with Crippen LogP contribution in [0.5, 0.6) is 0 Å². The lowest BCUT2D eigenvalue weighted by atomic mass is 10.3. The van der Waals surface area contributed by atoms with Gasteiger partial charge in [-0.2, -0.15) is 0 Å². The monoisotopic (exact) mass is 486 g/mol. The van der Waals surface area contributed by atoms with Gasteiger partial charge in [-0.3, -0.25) is 0 Å². The summed E-state index contributed by atoms with van der Waals surface area (Å²) in [5.74, 6) is 2.03. The second kappa shape index (κ2) is 10.1. The predicted molar refractivity (Wildman–Crippen MR) is 120 cm³/mol. The number of aryl methyl sites for hydroxylation is 2. The van der Waals surface area contributed by atoms with E-state index in [1.165, 1.54) is 4.88 Å². The number of nitrogens with zero attached hydrogens (tertiary/aromatic N) is 5. The first kappa shape index (κ1) is 20.9. The van der Waals surface area contributed by atoms with Crippen molar-refractivity contribution in [3.05, 3.63) is 40.0 Å². The SMILES string of the molecule is CCNC(=NCc1nc(C)c(C)s1)N1CCN(c2ccccn2)CC1.I. The topological polar surface area (TPSA) is 56.7 Å². The van der Waals surface area contributed by atoms with E-state index < -0.39 is 0 Å². The van der Waals surface area contributed by atoms with Crippen molar-refractivity contribution >= 4 is 47.1 Å². The molecule has 1 aliphatic heterocycles. The molecule has 1 fully saturated rings. The molecule has 3 heterocycles. The number of anilines is 1. The second-order valence-electron chi connectivity index (χ2n) is 6.08. The first-order valence-corrected chi connectivity index (χ1v) is 9.61. The van der Waals surface area contributed by atoms with Crippen LogP contribution in [0.3, 0.4) is 0 Å². The highest BCUT2D eigenvalue weighted by atomic mass is 127. The van der Waals surface area contributed by atoms with Crippen molar-refractivity contribution in [3.8, 4) is 0 Å². The molecule has 6 nitrogen and oxygen atoms in total. The first-order valence-electron chi connectivity index (χ1n) is 8.79. The summed E-state index contributed by atoms with van der Waals surface area (Å²) in [7, 11) is 0. The molecule has 142 valence electrons. The van der Waals surface area contributed by atoms with E-state index in [4.69, 9.17) is 4.99 Å². The van der Waals surface area contributed by atoms with Crippen LogP contribution in [-0.2, 0) is 6.54 Å². The van der Waals surface area contributed by atoms with E-state index in [2.05, 4.69) is 51.9 Å². The summed E-state index contributed by atoms with van der Waals surface area (Å²) in [4.78, 5) is 19.8. The number of thiazole rings is 1. The molecule has 1 aliphatic rings. The maximum absolute atomic E-state index is 4.80. The highest BCUT2D eigenvalue weighted by Gasteiger charge is 2.20. The molecule has 1 N–H and O–H groups in total. The molecule has 0 saturated carbocycles. The number of hydrogen-bond donors (Lipinski definition) is 1. The molecule has 26 heavy (non-hydrogen) atoms. The number of hydrogen-bond acceptors (Lipinski definition) is 5. The summed E-state index contributed by atoms with van der Waals surface area (Å²) in [6.45, 7) is 11.6. The fraction of sp³-hybridized carbons (Fsp3) is 0.500. The van der Waals surface area contributed by atoms with E-state index in [-0.39, 0.29) is 24.0 Å². The van der Waals surface area contributed by atoms with Crippen molar-refractivity contribution in [3.63, 3.8) is 0 Å². The number of piperazine rings is 1. The molecular formula is C18H27IN6S. The maximum Gasteiger partial charge on any atom is 0.194 e. The van der Waals surface area contributed by atoms with Gasteiger partial charge in [0.15, 0.2) is 5.96 Å². The van der Waals surface area contributed by atoms with Crippen molar-refractivity contribution in [2.75, 3.05) is 37.6 Å². The zero-order valence-electron chi connectivity index (χ0n) is 15.6. The smallest absolute Gasteiger partial charge is 0.194 e. The molecule has 1 saturated heterocycles. The van der Waals surface area contributed by atoms with Crippen LogP contribution < -0.4 is 10.2 Å². The average molecular weight is 486 g/mol. The van der Waals surface area contributed by atoms with Gasteiger partial charge in [-0.05, 0) is 32.9 Å². The minimum Gasteiger partial charge on any atom is -0.357 e. The third-order valence-electron chi connectivity index (χ3n) is 4.32. The summed E-state index contributed by atoms with van der Waals surface area (Å²) < 4.78 is 0. The van der Waals surface area contributed by atoms with Crippen molar-refractivity contribution in [1.82, 2.24) is 20.2 Å². The Morgan fingerprint density at radius 3 is 2.58 bits per heavy atom. The Labute approximate surface area is 176 Å². The van der Waals surface area contributed by atoms with Crippen molar-refractivity contribution in [2.45, 2.75) is 27.3 Å². The molecule has 0 bridgehead atoms. The van der Waals surface area contributed by atoms with E-state index >= 15 is 0 Å². The zero-order chi connectivity index (χ0) is 17.6. The normalized spacial score (nSPS) is 15.0. The van der Waals surface area contributed by atoms with Gasteiger partial charge in [-0.25, -0.2) is 15.0 Å². The summed E-state index contributed by atoms with van der Waals surface area (Å²) in [6, 6.07) is 6.07. The quantitative estimate of drug-likeness (QED) is 0.409. The molecule has 0 amide bonds. The van der Waals surface area contributed by atoms with Gasteiger partial charge >= 0.3 is 0 Å². The van der Waals surface area contributed by atoms with E-state index in [1.807, 2.05) is 18.3 Å². The standard InChI is InChI=1S/C18H26N6S.HI/c1-4-19-18(21-13-17-22-14(2)15(3)25-17)24-11-9-23(10-12-24)16-7-5-6-8-20-16;/h5-8H,4,9-13H2,1-3H3,(H,19,21);1H. The van der Waals surface area contributed by atoms with Crippen LogP contribution in [0.25, 0.3) is 0 Å². The zero-order valence-corrected chi connectivity index (χ0v) is 18.8. The number of pyridine rings is 1. The maximum atomic E-state index is 4.80. The summed E-state index contributed by atoms with van der Waals surface area (Å²) in [6.07, 6.45) is 1.85. The Kier molecular flexibility index (Phi) is 8.08. The lowest BCUT2D eigenvalue weighted by Crippen LogP contribution is -2.52. The van der Waals surface area contributed by atoms with Crippen LogP contribution in [0.4, 0.5) is 5.82 Å². The van der Waals surface area contributed by atoms with E-state index in [1.54, 1.807) is 11.3 Å². The van der Waals surface area contributed by atoms with Crippen molar-refractivity contribution < 1.29 is 0 Å². The van der Waals surface area contributed by atoms with Gasteiger partial charge in [0.1, 0.15) is 10.8 Å². The molecule has 0 aromatic carbocycles. The van der Waals surface area contributed by atoms with E-state index in [0.29, 0.717) is 6.54 Å². The van der Waals surface area contributed by atoms with Crippen LogP contribution in [0.1, 0.15) is 22.5 Å². The number of aliphatic imine (C=N–C) groups is 1. The van der Waals surface area contributed by atoms with E-state index in [0.717, 1.165) is 55.2 Å². The van der Waals surface area contributed by atoms with Crippen LogP contribution in [0, 0.1) is 13.8 Å². The van der Waals surface area contributed by atoms with Gasteiger partial charge in [0.05, 0.1) is 12.2 Å². The number of rotatable bonds is 4. The molecule has 0 atom stereocenters. The van der Waals surface area contributed by atoms with Crippen LogP contribution in [0.15, 0.2) is 29.4 Å². The molecular weight excluding hydrogens is 459 g/mol. The van der Waals surface area contributed by atoms with Crippen molar-refractivity contribution in [1.29, 1.82) is 0 Å². The molecule has 0 unspecified atom stereocenters. The van der Waals surface area contributed by atoms with Gasteiger partial charge in [-0.1, -0.05) is 6.07 Å². The Morgan fingerprint density at radius 1 is 1.23 bits per heavy atom. The predicted octanol–water partition coefficient (Wildman–Crippen LogP) is 3.06. The minimum atomic E-state index is 0. The highest BCUT2D eigenvalue weighted by Crippen LogP contribution is 2.17. The fourth-order valence-electron chi connectivity index (χ4n) is 2.86. The van der Waals surface area contributed by atoms with Crippen molar-refractivity contribution in [2.24, 2.45) is 4.99 Å². The van der Waals surface area contributed by atoms with Crippen LogP contribution in [0.2, 0.25) is 0 Å². The Bertz CT molecular complexity index is 690. The van der Waals surface area contributed by atoms with Gasteiger partial charge in [0, 0.05) is 43.8 Å². The van der Waals surface area contributed by atoms with Crippen LogP contribution in [-0.4, -0.2) is 53.6 Å². The van der Waals surface area contributed by atoms with Gasteiger partial charge in [0.2, 0.25) is 0 Å². The lowest BCUT2D eigenvalue weighted by molar-refractivity contribution is 0.371. The first-order chi connectivity index (χ1) is 12.2. The molecule has 3 rings (SSSR count). The molecule has 8 heteroatoms. The molecule has 2 aromatic heterocycles. The molecule has 0 aliphatic carbocycles. The minimum absolute atomic E-state index is 0. The number of aromatic nitrogens is 2. The fourth-order valence-corrected chi connectivity index (χ4v) is 3.72. The number of guanidine groups is 1. The third-order valence-corrected chi connectivity index (χ3v) is 5.38. The Morgan fingerprint density at radius 2 is 2.00 bits per heavy atom. The summed E-state index contributed by atoms with van der Waals surface area (Å²) >= 11 is 1.74. The van der Waals surface area contributed by atoms with Gasteiger partial charge < -0.3 is 15.1 Å². The number of nitrogens with one attached hydrogen (secondary N) is 1. The summed E-state index contributed by atoms with van der Waals surface area (Å²) in [5.41, 5.74) is 1.11. The van der Waals surface area contributed by atoms with Gasteiger partial charge in [-0.15, -0.1) is 35.3 Å². The molecule has 2 aromatic rings. The number of halogens is 1. The second-order valence-corrected chi connectivity index (χ2v) is 7.37. The Hall–Kier alpha value is -1.42. The van der Waals surface area contributed by atoms with Crippen LogP contribution >= 0.6 is 35.3 Å². The third kappa shape index (κ3) is 5.29. The average Bonchev–Trinajstić information content (AvgIpc) is 2.97. The Balaban J connectivity index is 0.00000243. The highest BCUT2D eigenvalue weighted by molar-refractivity contribution is 14.0. The summed E-state index contributed by atoms with van der Waals surface area (Å²) in [5, 5.41) is 4.50.